The van der Waals surface area contributed by atoms with E-state index in [9.17, 15) is 29.7 Å². The second-order valence-corrected chi connectivity index (χ2v) is 6.89. The first kappa shape index (κ1) is 24.3. The van der Waals surface area contributed by atoms with Crippen LogP contribution in [-0.2, 0) is 20.8 Å². The molecule has 0 saturated carbocycles. The average Bonchev–Trinajstić information content (AvgIpc) is 2.66. The molecule has 0 aliphatic heterocycles. The monoisotopic (exact) mass is 410 g/mol. The maximum atomic E-state index is 12.4. The zero-order chi connectivity index (χ0) is 22.0. The van der Waals surface area contributed by atoms with Crippen LogP contribution in [0.2, 0.25) is 0 Å². The maximum Gasteiger partial charge on any atom is 0.326 e. The van der Waals surface area contributed by atoms with Crippen LogP contribution >= 0.6 is 0 Å². The van der Waals surface area contributed by atoms with Gasteiger partial charge in [-0.1, -0.05) is 12.1 Å². The van der Waals surface area contributed by atoms with Crippen LogP contribution in [0.3, 0.4) is 0 Å². The summed E-state index contributed by atoms with van der Waals surface area (Å²) in [4.78, 5) is 36.1. The lowest BCUT2D eigenvalue weighted by atomic mass is 10.0. The Hall–Kier alpha value is -2.69. The van der Waals surface area contributed by atoms with Gasteiger partial charge in [0.05, 0.1) is 12.1 Å². The molecule has 0 heterocycles. The molecule has 4 atom stereocenters. The summed E-state index contributed by atoms with van der Waals surface area (Å²) >= 11 is 0. The molecule has 162 valence electrons. The molecule has 10 heteroatoms. The first-order chi connectivity index (χ1) is 13.6. The summed E-state index contributed by atoms with van der Waals surface area (Å²) in [7, 11) is 0. The molecule has 1 aromatic carbocycles. The number of unbranched alkanes of at least 4 members (excludes halogenated alkanes) is 1. The van der Waals surface area contributed by atoms with Crippen molar-refractivity contribution in [2.75, 3.05) is 6.54 Å². The average molecular weight is 410 g/mol. The van der Waals surface area contributed by atoms with E-state index >= 15 is 0 Å². The van der Waals surface area contributed by atoms with E-state index in [-0.39, 0.29) is 18.6 Å². The Labute approximate surface area is 169 Å². The van der Waals surface area contributed by atoms with Gasteiger partial charge in [0, 0.05) is 0 Å². The fraction of sp³-hybridized carbons (Fsp3) is 0.526. The standard InChI is InChI=1S/C19H30N4O6/c1-11(24)16(18(27)22-15(19(28)29)4-2-3-9-20)23-17(26)14(21)10-12-5-7-13(25)8-6-12/h5-8,11,14-16,24-25H,2-4,9-10,20-21H2,1H3,(H,22,27)(H,23,26)(H,28,29)/t11-,14+,15+,16+/m1/s1. The molecule has 2 amide bonds. The fourth-order valence-corrected chi connectivity index (χ4v) is 2.66. The van der Waals surface area contributed by atoms with Crippen LogP contribution in [-0.4, -0.2) is 63.9 Å². The van der Waals surface area contributed by atoms with E-state index in [2.05, 4.69) is 10.6 Å². The molecular weight excluding hydrogens is 380 g/mol. The number of amides is 2. The highest BCUT2D eigenvalue weighted by atomic mass is 16.4. The number of nitrogens with one attached hydrogen (secondary N) is 2. The van der Waals surface area contributed by atoms with Crippen molar-refractivity contribution in [3.05, 3.63) is 29.8 Å². The number of rotatable bonds is 12. The van der Waals surface area contributed by atoms with Crippen molar-refractivity contribution in [3.8, 4) is 5.75 Å². The predicted molar refractivity (Wildman–Crippen MR) is 106 cm³/mol. The van der Waals surface area contributed by atoms with Gasteiger partial charge in [-0.05, 0) is 56.8 Å². The molecule has 0 radical (unpaired) electrons. The molecule has 0 aliphatic carbocycles. The van der Waals surface area contributed by atoms with E-state index < -0.39 is 42.0 Å². The van der Waals surface area contributed by atoms with Crippen molar-refractivity contribution < 1.29 is 29.7 Å². The number of hydrogen-bond acceptors (Lipinski definition) is 7. The van der Waals surface area contributed by atoms with Gasteiger partial charge in [0.1, 0.15) is 17.8 Å². The molecule has 10 nitrogen and oxygen atoms in total. The maximum absolute atomic E-state index is 12.4. The normalized spacial score (nSPS) is 15.0. The largest absolute Gasteiger partial charge is 0.508 e. The molecule has 0 saturated heterocycles. The van der Waals surface area contributed by atoms with E-state index in [1.807, 2.05) is 0 Å². The number of aliphatic carboxylic acids is 1. The van der Waals surface area contributed by atoms with Crippen LogP contribution in [0.5, 0.6) is 5.75 Å². The summed E-state index contributed by atoms with van der Waals surface area (Å²) in [6.45, 7) is 1.71. The quantitative estimate of drug-likeness (QED) is 0.210. The lowest BCUT2D eigenvalue weighted by Crippen LogP contribution is -2.58. The molecule has 0 aromatic heterocycles. The number of phenolic OH excluding ortho intramolecular Hbond substituents is 1. The van der Waals surface area contributed by atoms with Gasteiger partial charge in [-0.3, -0.25) is 9.59 Å². The number of carboxylic acid groups (broad SMARTS) is 1. The second kappa shape index (κ2) is 12.0. The summed E-state index contributed by atoms with van der Waals surface area (Å²) in [6.07, 6.45) is 0.188. The number of carbonyl (C=O) groups excluding carboxylic acids is 2. The Morgan fingerprint density at radius 1 is 1.07 bits per heavy atom. The van der Waals surface area contributed by atoms with Crippen LogP contribution in [0.15, 0.2) is 24.3 Å². The van der Waals surface area contributed by atoms with Crippen LogP contribution < -0.4 is 22.1 Å². The number of phenols is 1. The highest BCUT2D eigenvalue weighted by Crippen LogP contribution is 2.11. The zero-order valence-corrected chi connectivity index (χ0v) is 16.4. The van der Waals surface area contributed by atoms with Gasteiger partial charge in [0.25, 0.3) is 0 Å². The minimum Gasteiger partial charge on any atom is -0.508 e. The van der Waals surface area contributed by atoms with Gasteiger partial charge >= 0.3 is 5.97 Å². The molecule has 0 bridgehead atoms. The first-order valence-corrected chi connectivity index (χ1v) is 9.40. The van der Waals surface area contributed by atoms with E-state index in [1.54, 1.807) is 12.1 Å². The van der Waals surface area contributed by atoms with Crippen LogP contribution in [0.25, 0.3) is 0 Å². The Kier molecular flexibility index (Phi) is 10.1. The number of nitrogens with two attached hydrogens (primary N) is 2. The first-order valence-electron chi connectivity index (χ1n) is 9.40. The summed E-state index contributed by atoms with van der Waals surface area (Å²) in [5, 5.41) is 33.1. The van der Waals surface area contributed by atoms with Crippen LogP contribution in [0, 0.1) is 0 Å². The Balaban J connectivity index is 2.71. The van der Waals surface area contributed by atoms with Gasteiger partial charge in [0.2, 0.25) is 11.8 Å². The van der Waals surface area contributed by atoms with Crippen molar-refractivity contribution in [1.29, 1.82) is 0 Å². The Morgan fingerprint density at radius 3 is 2.21 bits per heavy atom. The molecule has 1 rings (SSSR count). The highest BCUT2D eigenvalue weighted by molar-refractivity contribution is 5.92. The number of carboxylic acids is 1. The number of aromatic hydroxyl groups is 1. The number of hydrogen-bond donors (Lipinski definition) is 7. The van der Waals surface area contributed by atoms with Gasteiger partial charge in [-0.25, -0.2) is 4.79 Å². The molecule has 29 heavy (non-hydrogen) atoms. The van der Waals surface area contributed by atoms with Gasteiger partial charge < -0.3 is 37.4 Å². The number of benzene rings is 1. The third-order valence-corrected chi connectivity index (χ3v) is 4.35. The summed E-state index contributed by atoms with van der Waals surface area (Å²) < 4.78 is 0. The molecule has 0 spiro atoms. The number of aliphatic hydroxyl groups excluding tert-OH is 1. The van der Waals surface area contributed by atoms with Crippen LogP contribution in [0.1, 0.15) is 31.7 Å². The summed E-state index contributed by atoms with van der Waals surface area (Å²) in [5.41, 5.74) is 12.0. The summed E-state index contributed by atoms with van der Waals surface area (Å²) in [6, 6.07) is 2.63. The molecule has 0 unspecified atom stereocenters. The minimum absolute atomic E-state index is 0.0806. The van der Waals surface area contributed by atoms with Gasteiger partial charge in [0.15, 0.2) is 0 Å². The molecule has 0 aliphatic rings. The van der Waals surface area contributed by atoms with Crippen LogP contribution in [0.4, 0.5) is 0 Å². The predicted octanol–water partition coefficient (Wildman–Crippen LogP) is -1.17. The lowest BCUT2D eigenvalue weighted by Gasteiger charge is -2.24. The van der Waals surface area contributed by atoms with Crippen molar-refractivity contribution >= 4 is 17.8 Å². The van der Waals surface area contributed by atoms with E-state index in [4.69, 9.17) is 11.5 Å². The fourth-order valence-electron chi connectivity index (χ4n) is 2.66. The van der Waals surface area contributed by atoms with E-state index in [0.29, 0.717) is 24.9 Å². The molecule has 9 N–H and O–H groups in total. The zero-order valence-electron chi connectivity index (χ0n) is 16.4. The number of carbonyl (C=O) groups is 3. The van der Waals surface area contributed by atoms with Crippen molar-refractivity contribution in [2.24, 2.45) is 11.5 Å². The number of aliphatic hydroxyl groups is 1. The van der Waals surface area contributed by atoms with E-state index in [0.717, 1.165) is 0 Å². The highest BCUT2D eigenvalue weighted by Gasteiger charge is 2.30. The smallest absolute Gasteiger partial charge is 0.326 e. The molecular formula is C19H30N4O6. The topological polar surface area (TPSA) is 188 Å². The molecule has 1 aromatic rings. The van der Waals surface area contributed by atoms with Gasteiger partial charge in [-0.2, -0.15) is 0 Å². The third kappa shape index (κ3) is 8.46. The lowest BCUT2D eigenvalue weighted by molar-refractivity contribution is -0.143. The van der Waals surface area contributed by atoms with Crippen molar-refractivity contribution in [2.45, 2.75) is 56.8 Å². The van der Waals surface area contributed by atoms with Crippen molar-refractivity contribution in [3.63, 3.8) is 0 Å². The molecule has 0 fully saturated rings. The minimum atomic E-state index is -1.36. The second-order valence-electron chi connectivity index (χ2n) is 6.89. The Morgan fingerprint density at radius 2 is 1.69 bits per heavy atom. The SMILES string of the molecule is C[C@@H](O)[C@H](NC(=O)[C@@H](N)Cc1ccc(O)cc1)C(=O)N[C@@H](CCCCN)C(=O)O. The third-order valence-electron chi connectivity index (χ3n) is 4.35. The summed E-state index contributed by atoms with van der Waals surface area (Å²) in [5.74, 6) is -2.62. The Bertz CT molecular complexity index is 680. The van der Waals surface area contributed by atoms with E-state index in [1.165, 1.54) is 19.1 Å². The van der Waals surface area contributed by atoms with Crippen molar-refractivity contribution in [1.82, 2.24) is 10.6 Å². The van der Waals surface area contributed by atoms with Gasteiger partial charge in [-0.15, -0.1) is 0 Å².